The van der Waals surface area contributed by atoms with E-state index in [4.69, 9.17) is 4.74 Å². The lowest BCUT2D eigenvalue weighted by atomic mass is 10.0. The highest BCUT2D eigenvalue weighted by Crippen LogP contribution is 2.46. The molecular weight excluding hydrogens is 478 g/mol. The Morgan fingerprint density at radius 2 is 1.69 bits per heavy atom. The molecule has 3 aliphatic rings. The summed E-state index contributed by atoms with van der Waals surface area (Å²) in [7, 11) is 0. The molecule has 2 N–H and O–H groups in total. The minimum atomic E-state index is -0.677. The summed E-state index contributed by atoms with van der Waals surface area (Å²) in [6.07, 6.45) is 0.581. The summed E-state index contributed by atoms with van der Waals surface area (Å²) in [6.45, 7) is 2.04. The SMILES string of the molecule is Cl.O=C(CN1CCC(N2C(=O)OCc3ccccc32)CC1)Nc1cccc2c1-c1ccccc1C2O. The average Bonchev–Trinajstić information content (AvgIpc) is 3.18. The Labute approximate surface area is 216 Å². The quantitative estimate of drug-likeness (QED) is 0.535. The number of nitrogens with one attached hydrogen (secondary N) is 1. The van der Waals surface area contributed by atoms with Crippen LogP contribution in [0, 0.1) is 0 Å². The highest BCUT2D eigenvalue weighted by atomic mass is 35.5. The average molecular weight is 506 g/mol. The van der Waals surface area contributed by atoms with Gasteiger partial charge in [-0.2, -0.15) is 0 Å². The Kier molecular flexibility index (Phi) is 6.71. The molecule has 1 unspecified atom stereocenters. The summed E-state index contributed by atoms with van der Waals surface area (Å²) in [4.78, 5) is 29.4. The Morgan fingerprint density at radius 3 is 2.53 bits per heavy atom. The van der Waals surface area contributed by atoms with E-state index in [1.165, 1.54) is 0 Å². The lowest BCUT2D eigenvalue weighted by molar-refractivity contribution is -0.117. The molecule has 3 aromatic rings. The molecule has 1 fully saturated rings. The first-order chi connectivity index (χ1) is 17.1. The van der Waals surface area contributed by atoms with Crippen LogP contribution in [0.4, 0.5) is 16.2 Å². The van der Waals surface area contributed by atoms with Gasteiger partial charge in [-0.25, -0.2) is 4.79 Å². The van der Waals surface area contributed by atoms with Crippen molar-refractivity contribution >= 4 is 35.8 Å². The van der Waals surface area contributed by atoms with Crippen molar-refractivity contribution in [3.05, 3.63) is 83.4 Å². The smallest absolute Gasteiger partial charge is 0.414 e. The van der Waals surface area contributed by atoms with E-state index >= 15 is 0 Å². The number of cyclic esters (lactones) is 1. The van der Waals surface area contributed by atoms with Gasteiger partial charge in [0.05, 0.1) is 12.2 Å². The van der Waals surface area contributed by atoms with Crippen LogP contribution in [-0.4, -0.2) is 47.7 Å². The zero-order chi connectivity index (χ0) is 23.9. The number of anilines is 2. The third-order valence-corrected chi connectivity index (χ3v) is 7.28. The predicted molar refractivity (Wildman–Crippen MR) is 140 cm³/mol. The van der Waals surface area contributed by atoms with Crippen LogP contribution < -0.4 is 10.2 Å². The minimum absolute atomic E-state index is 0. The number of aliphatic hydroxyl groups is 1. The molecular formula is C28H28ClN3O4. The van der Waals surface area contributed by atoms with E-state index in [0.29, 0.717) is 6.61 Å². The third kappa shape index (κ3) is 4.23. The summed E-state index contributed by atoms with van der Waals surface area (Å²) in [5.41, 5.74) is 6.21. The summed E-state index contributed by atoms with van der Waals surface area (Å²) >= 11 is 0. The molecule has 0 spiro atoms. The number of halogens is 1. The molecule has 8 heteroatoms. The maximum Gasteiger partial charge on any atom is 0.414 e. The summed E-state index contributed by atoms with van der Waals surface area (Å²) in [5, 5.41) is 13.8. The maximum atomic E-state index is 13.0. The van der Waals surface area contributed by atoms with E-state index in [-0.39, 0.29) is 37.0 Å². The number of fused-ring (bicyclic) bond motifs is 4. The van der Waals surface area contributed by atoms with Crippen molar-refractivity contribution in [2.75, 3.05) is 29.9 Å². The van der Waals surface area contributed by atoms with Crippen LogP contribution in [0.1, 0.15) is 35.6 Å². The van der Waals surface area contributed by atoms with Crippen LogP contribution in [0.2, 0.25) is 0 Å². The molecule has 6 rings (SSSR count). The van der Waals surface area contributed by atoms with Gasteiger partial charge in [0.2, 0.25) is 5.91 Å². The summed E-state index contributed by atoms with van der Waals surface area (Å²) < 4.78 is 5.39. The molecule has 0 saturated carbocycles. The van der Waals surface area contributed by atoms with Crippen LogP contribution in [0.25, 0.3) is 11.1 Å². The number of rotatable bonds is 4. The first kappa shape index (κ1) is 24.3. The number of piperidine rings is 1. The molecule has 36 heavy (non-hydrogen) atoms. The fourth-order valence-corrected chi connectivity index (χ4v) is 5.58. The van der Waals surface area contributed by atoms with Gasteiger partial charge < -0.3 is 15.2 Å². The number of ether oxygens (including phenoxy) is 1. The fraction of sp³-hybridized carbons (Fsp3) is 0.286. The second-order valence-electron chi connectivity index (χ2n) is 9.37. The van der Waals surface area contributed by atoms with Gasteiger partial charge in [0.15, 0.2) is 0 Å². The van der Waals surface area contributed by atoms with E-state index < -0.39 is 6.10 Å². The Balaban J connectivity index is 0.00000267. The highest BCUT2D eigenvalue weighted by Gasteiger charge is 2.34. The molecule has 1 atom stereocenters. The fourth-order valence-electron chi connectivity index (χ4n) is 5.58. The second kappa shape index (κ2) is 9.93. The van der Waals surface area contributed by atoms with Gasteiger partial charge in [-0.05, 0) is 41.7 Å². The summed E-state index contributed by atoms with van der Waals surface area (Å²) in [6, 6.07) is 21.3. The minimum Gasteiger partial charge on any atom is -0.444 e. The molecule has 1 saturated heterocycles. The lowest BCUT2D eigenvalue weighted by Crippen LogP contribution is -2.50. The zero-order valence-electron chi connectivity index (χ0n) is 19.7. The molecule has 7 nitrogen and oxygen atoms in total. The molecule has 3 aromatic carbocycles. The number of carbonyl (C=O) groups is 2. The molecule has 0 bridgehead atoms. The highest BCUT2D eigenvalue weighted by molar-refractivity contribution is 5.99. The number of benzene rings is 3. The van der Waals surface area contributed by atoms with Gasteiger partial charge >= 0.3 is 6.09 Å². The number of hydrogen-bond donors (Lipinski definition) is 2. The Hall–Kier alpha value is -3.39. The van der Waals surface area contributed by atoms with Crippen LogP contribution in [0.3, 0.4) is 0 Å². The molecule has 0 aromatic heterocycles. The number of hydrogen-bond acceptors (Lipinski definition) is 5. The van der Waals surface area contributed by atoms with E-state index in [0.717, 1.165) is 65.1 Å². The predicted octanol–water partition coefficient (Wildman–Crippen LogP) is 4.73. The van der Waals surface area contributed by atoms with Crippen molar-refractivity contribution in [3.8, 4) is 11.1 Å². The molecule has 2 heterocycles. The standard InChI is InChI=1S/C28H27N3O4.ClH/c32-25(29-23-10-5-9-22-26(23)20-7-2-3-8-21(20)27(22)33)16-30-14-12-19(13-15-30)31-24-11-4-1-6-18(24)17-35-28(31)34;/h1-11,19,27,33H,12-17H2,(H,29,32);1H. The largest absolute Gasteiger partial charge is 0.444 e. The number of nitrogens with zero attached hydrogens (tertiary/aromatic N) is 2. The summed E-state index contributed by atoms with van der Waals surface area (Å²) in [5.74, 6) is -0.0848. The van der Waals surface area contributed by atoms with Gasteiger partial charge in [-0.1, -0.05) is 54.6 Å². The first-order valence-corrected chi connectivity index (χ1v) is 12.1. The first-order valence-electron chi connectivity index (χ1n) is 12.1. The number of amides is 2. The van der Waals surface area contributed by atoms with Crippen LogP contribution >= 0.6 is 12.4 Å². The topological polar surface area (TPSA) is 82.1 Å². The van der Waals surface area contributed by atoms with Crippen LogP contribution in [0.15, 0.2) is 66.7 Å². The van der Waals surface area contributed by atoms with Gasteiger partial charge in [0, 0.05) is 35.9 Å². The zero-order valence-corrected chi connectivity index (χ0v) is 20.5. The molecule has 186 valence electrons. The Morgan fingerprint density at radius 1 is 0.972 bits per heavy atom. The molecule has 0 radical (unpaired) electrons. The van der Waals surface area contributed by atoms with E-state index in [9.17, 15) is 14.7 Å². The van der Waals surface area contributed by atoms with Crippen LogP contribution in [-0.2, 0) is 16.1 Å². The number of carbonyl (C=O) groups excluding carboxylic acids is 2. The van der Waals surface area contributed by atoms with Crippen molar-refractivity contribution in [1.82, 2.24) is 4.90 Å². The van der Waals surface area contributed by atoms with Crippen molar-refractivity contribution in [3.63, 3.8) is 0 Å². The van der Waals surface area contributed by atoms with Gasteiger partial charge in [0.1, 0.15) is 12.7 Å². The van der Waals surface area contributed by atoms with E-state index in [1.54, 1.807) is 4.90 Å². The van der Waals surface area contributed by atoms with E-state index in [2.05, 4.69) is 10.2 Å². The number of likely N-dealkylation sites (tertiary alicyclic amines) is 1. The third-order valence-electron chi connectivity index (χ3n) is 7.28. The second-order valence-corrected chi connectivity index (χ2v) is 9.37. The van der Waals surface area contributed by atoms with Gasteiger partial charge in [-0.15, -0.1) is 12.4 Å². The molecule has 2 aliphatic heterocycles. The van der Waals surface area contributed by atoms with E-state index in [1.807, 2.05) is 66.7 Å². The van der Waals surface area contributed by atoms with Crippen molar-refractivity contribution < 1.29 is 19.4 Å². The lowest BCUT2D eigenvalue weighted by Gasteiger charge is -2.40. The van der Waals surface area contributed by atoms with Gasteiger partial charge in [-0.3, -0.25) is 14.6 Å². The van der Waals surface area contributed by atoms with Crippen molar-refractivity contribution in [2.45, 2.75) is 31.6 Å². The van der Waals surface area contributed by atoms with Crippen molar-refractivity contribution in [2.24, 2.45) is 0 Å². The van der Waals surface area contributed by atoms with Crippen molar-refractivity contribution in [1.29, 1.82) is 0 Å². The normalized spacial score (nSPS) is 19.0. The maximum absolute atomic E-state index is 13.0. The van der Waals surface area contributed by atoms with Gasteiger partial charge in [0.25, 0.3) is 0 Å². The number of para-hydroxylation sites is 1. The monoisotopic (exact) mass is 505 g/mol. The Bertz CT molecular complexity index is 1310. The molecule has 1 aliphatic carbocycles. The number of aliphatic hydroxyl groups excluding tert-OH is 1. The van der Waals surface area contributed by atoms with Crippen LogP contribution in [0.5, 0.6) is 0 Å². The molecule has 2 amide bonds.